The Bertz CT molecular complexity index is 146. The van der Waals surface area contributed by atoms with Crippen molar-refractivity contribution in [3.05, 3.63) is 0 Å². The Morgan fingerprint density at radius 2 is 1.50 bits per heavy atom. The van der Waals surface area contributed by atoms with Crippen LogP contribution in [0.1, 0.15) is 0 Å². The van der Waals surface area contributed by atoms with E-state index in [1.54, 1.807) is 0 Å². The van der Waals surface area contributed by atoms with Gasteiger partial charge in [0, 0.05) is 0 Å². The first kappa shape index (κ1) is 9.85. The van der Waals surface area contributed by atoms with E-state index in [0.717, 1.165) is 0 Å². The molecule has 0 spiro atoms. The molecule has 1 saturated heterocycles. The van der Waals surface area contributed by atoms with Crippen LogP contribution >= 0.6 is 0 Å². The Hall–Kier alpha value is -0.240. The molecule has 5 atom stereocenters. The van der Waals surface area contributed by atoms with Gasteiger partial charge in [0.15, 0.2) is 6.29 Å². The van der Waals surface area contributed by atoms with Crippen molar-refractivity contribution >= 4 is 0 Å². The highest BCUT2D eigenvalue weighted by Gasteiger charge is 2.42. The summed E-state index contributed by atoms with van der Waals surface area (Å²) >= 11 is 0. The van der Waals surface area contributed by atoms with Gasteiger partial charge in [0.25, 0.3) is 0 Å². The first-order valence-corrected chi connectivity index (χ1v) is 3.56. The summed E-state index contributed by atoms with van der Waals surface area (Å²) in [6, 6.07) is 0. The van der Waals surface area contributed by atoms with Gasteiger partial charge in [-0.15, -0.1) is 0 Å². The van der Waals surface area contributed by atoms with Crippen LogP contribution in [0.3, 0.4) is 0 Å². The summed E-state index contributed by atoms with van der Waals surface area (Å²) in [6.45, 7) is -0.526. The summed E-state index contributed by atoms with van der Waals surface area (Å²) in [6.07, 6.45) is -7.04. The van der Waals surface area contributed by atoms with Crippen LogP contribution in [0.4, 0.5) is 0 Å². The van der Waals surface area contributed by atoms with Gasteiger partial charge in [-0.1, -0.05) is 0 Å². The van der Waals surface area contributed by atoms with E-state index in [0.29, 0.717) is 0 Å². The molecule has 0 aromatic carbocycles. The minimum Gasteiger partial charge on any atom is -0.394 e. The van der Waals surface area contributed by atoms with E-state index < -0.39 is 37.3 Å². The van der Waals surface area contributed by atoms with Gasteiger partial charge in [-0.25, -0.2) is 0 Å². The molecule has 6 heteroatoms. The van der Waals surface area contributed by atoms with Crippen LogP contribution in [0.25, 0.3) is 0 Å². The lowest BCUT2D eigenvalue weighted by atomic mass is 10.1. The molecule has 0 aliphatic carbocycles. The fourth-order valence-corrected chi connectivity index (χ4v) is 1.08. The van der Waals surface area contributed by atoms with E-state index in [2.05, 4.69) is 4.74 Å². The van der Waals surface area contributed by atoms with Gasteiger partial charge >= 0.3 is 0 Å². The molecule has 4 unspecified atom stereocenters. The fraction of sp³-hybridized carbons (Fsp3) is 1.00. The first-order valence-electron chi connectivity index (χ1n) is 3.56. The maximum atomic E-state index is 9.12. The molecule has 6 nitrogen and oxygen atoms in total. The molecular weight excluding hydrogens is 169 g/mol. The molecule has 1 heterocycles. The van der Waals surface area contributed by atoms with Crippen molar-refractivity contribution in [2.75, 3.05) is 6.61 Å². The molecule has 1 aliphatic heterocycles. The van der Waals surface area contributed by atoms with Gasteiger partial charge in [0.2, 0.25) is 0 Å². The Kier molecular flexibility index (Phi) is 2.99. The average molecular weight is 181 g/mol. The molecule has 1 fully saturated rings. The van der Waals surface area contributed by atoms with Gasteiger partial charge in [0.05, 0.1) is 6.61 Å². The fourth-order valence-electron chi connectivity index (χ4n) is 1.08. The number of ether oxygens (including phenoxy) is 1. The Morgan fingerprint density at radius 1 is 0.917 bits per heavy atom. The lowest BCUT2D eigenvalue weighted by Gasteiger charge is -2.37. The summed E-state index contributed by atoms with van der Waals surface area (Å²) < 4.78 is 4.58. The summed E-state index contributed by atoms with van der Waals surface area (Å²) in [4.78, 5) is 0. The van der Waals surface area contributed by atoms with Crippen molar-refractivity contribution in [2.24, 2.45) is 0 Å². The topological polar surface area (TPSA) is 110 Å². The lowest BCUT2D eigenvalue weighted by molar-refractivity contribution is -0.286. The minimum atomic E-state index is -1.57. The van der Waals surface area contributed by atoms with Gasteiger partial charge in [-0.2, -0.15) is 0 Å². The molecule has 0 aromatic heterocycles. The molecular formula is C6H12O6. The zero-order valence-electron chi connectivity index (χ0n) is 6.24. The van der Waals surface area contributed by atoms with Crippen LogP contribution in [-0.2, 0) is 4.74 Å². The zero-order valence-corrected chi connectivity index (χ0v) is 6.24. The minimum absolute atomic E-state index is 0.526. The Balaban J connectivity index is 2.63. The van der Waals surface area contributed by atoms with E-state index in [9.17, 15) is 0 Å². The van der Waals surface area contributed by atoms with Crippen LogP contribution in [-0.4, -0.2) is 62.8 Å². The summed E-state index contributed by atoms with van der Waals surface area (Å²) in [7, 11) is 0. The van der Waals surface area contributed by atoms with Crippen LogP contribution < -0.4 is 0 Å². The van der Waals surface area contributed by atoms with E-state index in [1.807, 2.05) is 0 Å². The molecule has 1 aliphatic rings. The first-order chi connectivity index (χ1) is 5.57. The van der Waals surface area contributed by atoms with Crippen molar-refractivity contribution in [1.82, 2.24) is 0 Å². The number of aliphatic hydroxyl groups excluding tert-OH is 5. The second-order valence-corrected chi connectivity index (χ2v) is 2.72. The summed E-state index contributed by atoms with van der Waals surface area (Å²) in [5.74, 6) is 0. The normalized spacial score (nSPS) is 49.2. The lowest BCUT2D eigenvalue weighted by Crippen LogP contribution is -2.58. The highest BCUT2D eigenvalue weighted by atomic mass is 16.7. The van der Waals surface area contributed by atoms with Gasteiger partial charge in [-0.3, -0.25) is 0 Å². The van der Waals surface area contributed by atoms with E-state index in [4.69, 9.17) is 25.5 Å². The predicted octanol–water partition coefficient (Wildman–Crippen LogP) is -3.22. The SMILES string of the molecule is OCC1OC(O)[13CH](O)C(O)[C@@H]1O. The van der Waals surface area contributed by atoms with Crippen molar-refractivity contribution < 1.29 is 30.3 Å². The molecule has 72 valence electrons. The Morgan fingerprint density at radius 3 is 2.00 bits per heavy atom. The molecule has 0 bridgehead atoms. The highest BCUT2D eigenvalue weighted by Crippen LogP contribution is 2.18. The van der Waals surface area contributed by atoms with E-state index in [-0.39, 0.29) is 0 Å². The Labute approximate surface area is 68.6 Å². The number of hydrogen-bond donors (Lipinski definition) is 5. The molecule has 1 rings (SSSR count). The molecule has 0 radical (unpaired) electrons. The average Bonchev–Trinajstić information content (AvgIpc) is 2.08. The second kappa shape index (κ2) is 3.65. The van der Waals surface area contributed by atoms with Crippen LogP contribution in [0.2, 0.25) is 0 Å². The van der Waals surface area contributed by atoms with Gasteiger partial charge < -0.3 is 30.3 Å². The van der Waals surface area contributed by atoms with Crippen LogP contribution in [0.15, 0.2) is 0 Å². The maximum Gasteiger partial charge on any atom is 0.184 e. The quantitative estimate of drug-likeness (QED) is 0.272. The second-order valence-electron chi connectivity index (χ2n) is 2.72. The molecule has 0 amide bonds. The third-order valence-corrected chi connectivity index (χ3v) is 1.87. The molecule has 5 N–H and O–H groups in total. The van der Waals surface area contributed by atoms with Crippen molar-refractivity contribution in [2.45, 2.75) is 30.7 Å². The van der Waals surface area contributed by atoms with Crippen LogP contribution in [0.5, 0.6) is 0 Å². The van der Waals surface area contributed by atoms with Crippen molar-refractivity contribution in [3.8, 4) is 0 Å². The highest BCUT2D eigenvalue weighted by molar-refractivity contribution is 4.87. The summed E-state index contributed by atoms with van der Waals surface area (Å²) in [5, 5.41) is 44.7. The van der Waals surface area contributed by atoms with E-state index in [1.165, 1.54) is 0 Å². The molecule has 12 heavy (non-hydrogen) atoms. The van der Waals surface area contributed by atoms with Gasteiger partial charge in [-0.05, 0) is 0 Å². The number of aliphatic hydroxyl groups is 5. The smallest absolute Gasteiger partial charge is 0.184 e. The predicted molar refractivity (Wildman–Crippen MR) is 36.0 cm³/mol. The zero-order chi connectivity index (χ0) is 9.30. The monoisotopic (exact) mass is 181 g/mol. The number of hydrogen-bond acceptors (Lipinski definition) is 6. The maximum absolute atomic E-state index is 9.12. The molecule has 0 aromatic rings. The number of rotatable bonds is 1. The molecule has 0 saturated carbocycles. The summed E-state index contributed by atoms with van der Waals surface area (Å²) in [5.41, 5.74) is 0. The van der Waals surface area contributed by atoms with Gasteiger partial charge in [0.1, 0.15) is 24.4 Å². The van der Waals surface area contributed by atoms with Crippen LogP contribution in [0, 0.1) is 0 Å². The van der Waals surface area contributed by atoms with E-state index >= 15 is 0 Å². The largest absolute Gasteiger partial charge is 0.394 e. The third-order valence-electron chi connectivity index (χ3n) is 1.87. The third kappa shape index (κ3) is 1.58. The van der Waals surface area contributed by atoms with Crippen molar-refractivity contribution in [3.63, 3.8) is 0 Å². The van der Waals surface area contributed by atoms with Crippen molar-refractivity contribution in [1.29, 1.82) is 0 Å². The standard InChI is InChI=1S/C6H12O6/c7-1-2-3(8)4(9)5(10)6(11)12-2/h2-11H,1H2/t2?,3-,4?,5?,6?/m1/s1/i5+1.